The second kappa shape index (κ2) is 6.16. The predicted octanol–water partition coefficient (Wildman–Crippen LogP) is 2.43. The highest BCUT2D eigenvalue weighted by Crippen LogP contribution is 2.39. The van der Waals surface area contributed by atoms with E-state index in [1.54, 1.807) is 13.0 Å². The number of benzene rings is 1. The number of H-pyrrole nitrogens is 1. The minimum absolute atomic E-state index is 0.0208. The number of hydrogen-bond donors (Lipinski definition) is 1. The van der Waals surface area contributed by atoms with Gasteiger partial charge in [0.2, 0.25) is 5.89 Å². The maximum absolute atomic E-state index is 12.8. The maximum atomic E-state index is 12.8. The molecule has 1 aliphatic heterocycles. The molecule has 25 heavy (non-hydrogen) atoms. The summed E-state index contributed by atoms with van der Waals surface area (Å²) in [5.41, 5.74) is 2.47. The van der Waals surface area contributed by atoms with Crippen molar-refractivity contribution in [3.8, 4) is 0 Å². The fourth-order valence-corrected chi connectivity index (χ4v) is 3.41. The van der Waals surface area contributed by atoms with E-state index in [0.717, 1.165) is 11.3 Å². The molecule has 1 saturated heterocycles. The Labute approximate surface area is 145 Å². The van der Waals surface area contributed by atoms with Crippen LogP contribution in [0.5, 0.6) is 0 Å². The smallest absolute Gasteiger partial charge is 0.274 e. The van der Waals surface area contributed by atoms with E-state index in [2.05, 4.69) is 32.5 Å². The number of aromatic nitrogens is 4. The fraction of sp³-hybridized carbons (Fsp3) is 0.333. The summed E-state index contributed by atoms with van der Waals surface area (Å²) in [4.78, 5) is 19.0. The molecule has 4 rings (SSSR count). The minimum atomic E-state index is -0.0796. The molecule has 1 aliphatic rings. The number of hydrogen-bond acceptors (Lipinski definition) is 5. The lowest BCUT2D eigenvalue weighted by Gasteiger charge is -2.15. The molecule has 1 amide bonds. The first kappa shape index (κ1) is 15.6. The summed E-state index contributed by atoms with van der Waals surface area (Å²) in [6.07, 6.45) is 0. The first-order chi connectivity index (χ1) is 12.1. The molecule has 7 heteroatoms. The van der Waals surface area contributed by atoms with Gasteiger partial charge in [0.05, 0.1) is 5.92 Å². The number of carbonyl (C=O) groups is 1. The monoisotopic (exact) mass is 337 g/mol. The van der Waals surface area contributed by atoms with Gasteiger partial charge in [0.1, 0.15) is 5.69 Å². The zero-order chi connectivity index (χ0) is 17.4. The Hall–Kier alpha value is -2.96. The predicted molar refractivity (Wildman–Crippen MR) is 90.2 cm³/mol. The summed E-state index contributed by atoms with van der Waals surface area (Å²) < 4.78 is 5.42. The van der Waals surface area contributed by atoms with Gasteiger partial charge in [-0.1, -0.05) is 35.5 Å². The van der Waals surface area contributed by atoms with Crippen molar-refractivity contribution >= 4 is 5.91 Å². The van der Waals surface area contributed by atoms with Crippen molar-refractivity contribution < 1.29 is 9.32 Å². The average molecular weight is 337 g/mol. The normalized spacial score (nSPS) is 20.2. The molecular formula is C18H19N5O2. The lowest BCUT2D eigenvalue weighted by molar-refractivity contribution is 0.0782. The fourth-order valence-electron chi connectivity index (χ4n) is 3.41. The van der Waals surface area contributed by atoms with E-state index in [-0.39, 0.29) is 17.7 Å². The standard InChI is InChI=1S/C18H19N5O2/c1-11-8-16(21-20-11)18(24)23-9-14(13-6-4-3-5-7-13)15(10-23)17-19-12(2)22-25-17/h3-8,14-15H,9-10H2,1-2H3,(H,20,21)/t14-,15+/m1/s1. The third kappa shape index (κ3) is 2.93. The van der Waals surface area contributed by atoms with E-state index in [4.69, 9.17) is 4.52 Å². The number of aromatic amines is 1. The summed E-state index contributed by atoms with van der Waals surface area (Å²) in [7, 11) is 0. The van der Waals surface area contributed by atoms with Crippen LogP contribution in [0.15, 0.2) is 40.9 Å². The first-order valence-electron chi connectivity index (χ1n) is 8.28. The topological polar surface area (TPSA) is 87.9 Å². The van der Waals surface area contributed by atoms with Crippen molar-refractivity contribution in [2.45, 2.75) is 25.7 Å². The van der Waals surface area contributed by atoms with Crippen LogP contribution in [0, 0.1) is 13.8 Å². The molecule has 0 bridgehead atoms. The molecule has 7 nitrogen and oxygen atoms in total. The Bertz CT molecular complexity index is 886. The average Bonchev–Trinajstić information content (AvgIpc) is 3.34. The van der Waals surface area contributed by atoms with Crippen LogP contribution in [-0.2, 0) is 0 Å². The van der Waals surface area contributed by atoms with E-state index < -0.39 is 0 Å². The quantitative estimate of drug-likeness (QED) is 0.793. The number of nitrogens with one attached hydrogen (secondary N) is 1. The van der Waals surface area contributed by atoms with Gasteiger partial charge in [0.25, 0.3) is 5.91 Å². The van der Waals surface area contributed by atoms with Gasteiger partial charge in [-0.3, -0.25) is 9.89 Å². The zero-order valence-electron chi connectivity index (χ0n) is 14.1. The molecule has 0 aliphatic carbocycles. The Kier molecular flexibility index (Phi) is 3.83. The molecule has 0 radical (unpaired) electrons. The molecule has 3 aromatic rings. The van der Waals surface area contributed by atoms with E-state index in [9.17, 15) is 4.79 Å². The molecule has 1 fully saturated rings. The Morgan fingerprint density at radius 2 is 1.96 bits per heavy atom. The maximum Gasteiger partial charge on any atom is 0.274 e. The van der Waals surface area contributed by atoms with Crippen LogP contribution in [0.3, 0.4) is 0 Å². The van der Waals surface area contributed by atoms with Crippen LogP contribution >= 0.6 is 0 Å². The van der Waals surface area contributed by atoms with Crippen LogP contribution in [0.2, 0.25) is 0 Å². The first-order valence-corrected chi connectivity index (χ1v) is 8.28. The van der Waals surface area contributed by atoms with Crippen LogP contribution in [0.4, 0.5) is 0 Å². The Balaban J connectivity index is 1.65. The highest BCUT2D eigenvalue weighted by atomic mass is 16.5. The molecule has 3 heterocycles. The molecule has 0 saturated carbocycles. The SMILES string of the molecule is Cc1noc([C@H]2CN(C(=O)c3cc(C)[nH]n3)C[C@@H]2c2ccccc2)n1. The highest BCUT2D eigenvalue weighted by molar-refractivity contribution is 5.92. The van der Waals surface area contributed by atoms with Crippen molar-refractivity contribution in [1.82, 2.24) is 25.2 Å². The molecule has 1 aromatic carbocycles. The number of nitrogens with zero attached hydrogens (tertiary/aromatic N) is 4. The van der Waals surface area contributed by atoms with Gasteiger partial charge in [0.15, 0.2) is 5.82 Å². The highest BCUT2D eigenvalue weighted by Gasteiger charge is 2.40. The summed E-state index contributed by atoms with van der Waals surface area (Å²) in [5.74, 6) is 1.20. The van der Waals surface area contributed by atoms with E-state index in [0.29, 0.717) is 30.5 Å². The lowest BCUT2D eigenvalue weighted by Crippen LogP contribution is -2.29. The minimum Gasteiger partial charge on any atom is -0.339 e. The summed E-state index contributed by atoms with van der Waals surface area (Å²) in [6.45, 7) is 4.81. The van der Waals surface area contributed by atoms with E-state index in [1.807, 2.05) is 30.0 Å². The number of likely N-dealkylation sites (tertiary alicyclic amines) is 1. The van der Waals surface area contributed by atoms with Gasteiger partial charge >= 0.3 is 0 Å². The van der Waals surface area contributed by atoms with Crippen molar-refractivity contribution in [2.75, 3.05) is 13.1 Å². The van der Waals surface area contributed by atoms with Crippen molar-refractivity contribution in [3.63, 3.8) is 0 Å². The number of carbonyl (C=O) groups excluding carboxylic acids is 1. The summed E-state index contributed by atoms with van der Waals surface area (Å²) in [6, 6.07) is 11.9. The molecule has 2 aromatic heterocycles. The number of amides is 1. The van der Waals surface area contributed by atoms with Gasteiger partial charge in [-0.15, -0.1) is 0 Å². The molecular weight excluding hydrogens is 318 g/mol. The number of aryl methyl sites for hydroxylation is 2. The van der Waals surface area contributed by atoms with Crippen molar-refractivity contribution in [1.29, 1.82) is 0 Å². The second-order valence-corrected chi connectivity index (χ2v) is 6.45. The molecule has 1 N–H and O–H groups in total. The largest absolute Gasteiger partial charge is 0.339 e. The third-order valence-electron chi connectivity index (χ3n) is 4.62. The summed E-state index contributed by atoms with van der Waals surface area (Å²) in [5, 5.41) is 10.8. The van der Waals surface area contributed by atoms with Crippen LogP contribution in [0.1, 0.15) is 45.3 Å². The van der Waals surface area contributed by atoms with Crippen LogP contribution < -0.4 is 0 Å². The van der Waals surface area contributed by atoms with Gasteiger partial charge in [-0.05, 0) is 25.5 Å². The van der Waals surface area contributed by atoms with Gasteiger partial charge < -0.3 is 9.42 Å². The molecule has 0 unspecified atom stereocenters. The van der Waals surface area contributed by atoms with Crippen LogP contribution in [-0.4, -0.2) is 44.2 Å². The zero-order valence-corrected chi connectivity index (χ0v) is 14.1. The van der Waals surface area contributed by atoms with E-state index >= 15 is 0 Å². The molecule has 128 valence electrons. The van der Waals surface area contributed by atoms with Crippen molar-refractivity contribution in [3.05, 3.63) is 65.1 Å². The Morgan fingerprint density at radius 3 is 2.60 bits per heavy atom. The van der Waals surface area contributed by atoms with E-state index in [1.165, 1.54) is 0 Å². The lowest BCUT2D eigenvalue weighted by atomic mass is 9.89. The molecule has 0 spiro atoms. The summed E-state index contributed by atoms with van der Waals surface area (Å²) >= 11 is 0. The van der Waals surface area contributed by atoms with Gasteiger partial charge in [-0.25, -0.2) is 0 Å². The van der Waals surface area contributed by atoms with Crippen molar-refractivity contribution in [2.24, 2.45) is 0 Å². The second-order valence-electron chi connectivity index (χ2n) is 6.45. The van der Waals surface area contributed by atoms with Gasteiger partial charge in [-0.2, -0.15) is 10.1 Å². The van der Waals surface area contributed by atoms with Crippen LogP contribution in [0.25, 0.3) is 0 Å². The third-order valence-corrected chi connectivity index (χ3v) is 4.62. The number of rotatable bonds is 3. The Morgan fingerprint density at radius 1 is 1.20 bits per heavy atom. The molecule has 2 atom stereocenters. The van der Waals surface area contributed by atoms with Gasteiger partial charge in [0, 0.05) is 24.7 Å².